The van der Waals surface area contributed by atoms with E-state index >= 15 is 0 Å². The Morgan fingerprint density at radius 3 is 2.56 bits per heavy atom. The molecule has 1 aromatic heterocycles. The Labute approximate surface area is 166 Å². The Morgan fingerprint density at radius 2 is 1.81 bits per heavy atom. The summed E-state index contributed by atoms with van der Waals surface area (Å²) in [5, 5.41) is 5.02. The van der Waals surface area contributed by atoms with E-state index in [2.05, 4.69) is 5.16 Å². The average Bonchev–Trinajstić information content (AvgIpc) is 3.18. The highest BCUT2D eigenvalue weighted by atomic mass is 35.5. The number of hydrogen-bond donors (Lipinski definition) is 0. The van der Waals surface area contributed by atoms with Crippen molar-refractivity contribution < 1.29 is 14.1 Å². The van der Waals surface area contributed by atoms with Crippen LogP contribution in [0.1, 0.15) is 22.2 Å². The zero-order chi connectivity index (χ0) is 18.8. The fraction of sp³-hybridized carbons (Fsp3) is 0.200. The molecule has 7 heteroatoms. The molecule has 0 saturated carbocycles. The van der Waals surface area contributed by atoms with Crippen molar-refractivity contribution in [2.24, 2.45) is 0 Å². The van der Waals surface area contributed by atoms with E-state index in [1.54, 1.807) is 29.2 Å². The Hall–Kier alpha value is -2.34. The number of carbonyl (C=O) groups is 1. The predicted molar refractivity (Wildman–Crippen MR) is 103 cm³/mol. The number of amides is 1. The van der Waals surface area contributed by atoms with E-state index in [1.807, 2.05) is 30.3 Å². The molecule has 1 aliphatic rings. The maximum Gasteiger partial charge on any atom is 0.276 e. The van der Waals surface area contributed by atoms with Gasteiger partial charge in [-0.3, -0.25) is 4.79 Å². The molecule has 1 saturated heterocycles. The van der Waals surface area contributed by atoms with Crippen LogP contribution in [0, 0.1) is 0 Å². The molecule has 0 radical (unpaired) electrons. The van der Waals surface area contributed by atoms with Gasteiger partial charge in [0, 0.05) is 28.2 Å². The van der Waals surface area contributed by atoms with Crippen molar-refractivity contribution in [3.63, 3.8) is 0 Å². The molecule has 0 aliphatic carbocycles. The third kappa shape index (κ3) is 4.00. The zero-order valence-corrected chi connectivity index (χ0v) is 15.8. The fourth-order valence-electron chi connectivity index (χ4n) is 3.07. The third-order valence-corrected chi connectivity index (χ3v) is 4.83. The number of halogens is 2. The summed E-state index contributed by atoms with van der Waals surface area (Å²) < 4.78 is 11.2. The van der Waals surface area contributed by atoms with Gasteiger partial charge in [0.25, 0.3) is 5.91 Å². The van der Waals surface area contributed by atoms with Crippen molar-refractivity contribution in [3.05, 3.63) is 75.9 Å². The first-order valence-corrected chi connectivity index (χ1v) is 9.25. The average molecular weight is 403 g/mol. The first-order valence-electron chi connectivity index (χ1n) is 8.49. The summed E-state index contributed by atoms with van der Waals surface area (Å²) in [6.07, 6.45) is -0.292. The predicted octanol–water partition coefficient (Wildman–Crippen LogP) is 4.86. The SMILES string of the molecule is O=C(c1cc(-c2ccccc2)on1)N1CCOC(c2cc(Cl)cc(Cl)c2)C1. The molecule has 1 fully saturated rings. The van der Waals surface area contributed by atoms with Crippen molar-refractivity contribution in [1.82, 2.24) is 10.1 Å². The largest absolute Gasteiger partial charge is 0.370 e. The lowest BCUT2D eigenvalue weighted by atomic mass is 10.1. The van der Waals surface area contributed by atoms with Crippen LogP contribution in [0.2, 0.25) is 10.0 Å². The van der Waals surface area contributed by atoms with Crippen LogP contribution < -0.4 is 0 Å². The van der Waals surface area contributed by atoms with E-state index in [0.29, 0.717) is 35.5 Å². The van der Waals surface area contributed by atoms with Crippen LogP contribution in [0.3, 0.4) is 0 Å². The number of aromatic nitrogens is 1. The quantitative estimate of drug-likeness (QED) is 0.627. The maximum atomic E-state index is 12.9. The van der Waals surface area contributed by atoms with E-state index in [0.717, 1.165) is 11.1 Å². The minimum atomic E-state index is -0.292. The van der Waals surface area contributed by atoms with Crippen molar-refractivity contribution in [2.75, 3.05) is 19.7 Å². The molecular weight excluding hydrogens is 387 g/mol. The number of nitrogens with zero attached hydrogens (tertiary/aromatic N) is 2. The zero-order valence-electron chi connectivity index (χ0n) is 14.3. The van der Waals surface area contributed by atoms with Gasteiger partial charge in [-0.1, -0.05) is 58.7 Å². The first-order chi connectivity index (χ1) is 13.1. The molecule has 2 aromatic carbocycles. The molecule has 138 valence electrons. The summed E-state index contributed by atoms with van der Waals surface area (Å²) in [7, 11) is 0. The number of benzene rings is 2. The second kappa shape index (κ2) is 7.72. The number of ether oxygens (including phenoxy) is 1. The Balaban J connectivity index is 1.51. The van der Waals surface area contributed by atoms with E-state index in [4.69, 9.17) is 32.5 Å². The normalized spacial score (nSPS) is 17.1. The maximum absolute atomic E-state index is 12.9. The molecule has 4 rings (SSSR count). The number of rotatable bonds is 3. The number of hydrogen-bond acceptors (Lipinski definition) is 4. The van der Waals surface area contributed by atoms with Crippen LogP contribution >= 0.6 is 23.2 Å². The summed E-state index contributed by atoms with van der Waals surface area (Å²) in [6.45, 7) is 1.30. The third-order valence-electron chi connectivity index (χ3n) is 4.40. The molecule has 2 heterocycles. The lowest BCUT2D eigenvalue weighted by molar-refractivity contribution is -0.0231. The monoisotopic (exact) mass is 402 g/mol. The summed E-state index contributed by atoms with van der Waals surface area (Å²) in [4.78, 5) is 14.6. The van der Waals surface area contributed by atoms with Gasteiger partial charge in [-0.15, -0.1) is 0 Å². The summed E-state index contributed by atoms with van der Waals surface area (Å²) in [6, 6.07) is 16.5. The molecule has 1 amide bonds. The summed E-state index contributed by atoms with van der Waals surface area (Å²) in [5.74, 6) is 0.368. The van der Waals surface area contributed by atoms with E-state index in [1.165, 1.54) is 0 Å². The fourth-order valence-corrected chi connectivity index (χ4v) is 3.62. The Bertz CT molecular complexity index is 939. The lowest BCUT2D eigenvalue weighted by Crippen LogP contribution is -2.42. The topological polar surface area (TPSA) is 55.6 Å². The van der Waals surface area contributed by atoms with Crippen LogP contribution in [-0.2, 0) is 4.74 Å². The molecule has 1 atom stereocenters. The molecule has 1 aliphatic heterocycles. The second-order valence-electron chi connectivity index (χ2n) is 6.26. The highest BCUT2D eigenvalue weighted by Crippen LogP contribution is 2.29. The van der Waals surface area contributed by atoms with E-state index in [-0.39, 0.29) is 17.7 Å². The summed E-state index contributed by atoms with van der Waals surface area (Å²) in [5.41, 5.74) is 1.99. The Kier molecular flexibility index (Phi) is 5.16. The van der Waals surface area contributed by atoms with Crippen LogP contribution in [0.5, 0.6) is 0 Å². The van der Waals surface area contributed by atoms with Gasteiger partial charge in [0.15, 0.2) is 11.5 Å². The molecule has 0 bridgehead atoms. The van der Waals surface area contributed by atoms with Crippen LogP contribution in [0.15, 0.2) is 59.1 Å². The molecule has 5 nitrogen and oxygen atoms in total. The molecule has 0 N–H and O–H groups in total. The van der Waals surface area contributed by atoms with Crippen LogP contribution in [-0.4, -0.2) is 35.7 Å². The van der Waals surface area contributed by atoms with Crippen molar-refractivity contribution in [3.8, 4) is 11.3 Å². The smallest absolute Gasteiger partial charge is 0.276 e. The minimum Gasteiger partial charge on any atom is -0.370 e. The standard InChI is InChI=1S/C20H16Cl2N2O3/c21-15-8-14(9-16(22)10-15)19-12-24(6-7-26-19)20(25)17-11-18(27-23-17)13-4-2-1-3-5-13/h1-5,8-11,19H,6-7,12H2. The molecule has 27 heavy (non-hydrogen) atoms. The first kappa shape index (κ1) is 18.0. The van der Waals surface area contributed by atoms with Crippen molar-refractivity contribution in [2.45, 2.75) is 6.10 Å². The highest BCUT2D eigenvalue weighted by molar-refractivity contribution is 6.34. The van der Waals surface area contributed by atoms with Crippen molar-refractivity contribution in [1.29, 1.82) is 0 Å². The summed E-state index contributed by atoms with van der Waals surface area (Å²) >= 11 is 12.2. The van der Waals surface area contributed by atoms with Gasteiger partial charge < -0.3 is 14.2 Å². The van der Waals surface area contributed by atoms with Gasteiger partial charge >= 0.3 is 0 Å². The molecule has 3 aromatic rings. The van der Waals surface area contributed by atoms with Gasteiger partial charge in [0.05, 0.1) is 13.2 Å². The van der Waals surface area contributed by atoms with Crippen LogP contribution in [0.4, 0.5) is 0 Å². The highest BCUT2D eigenvalue weighted by Gasteiger charge is 2.28. The second-order valence-corrected chi connectivity index (χ2v) is 7.13. The molecule has 0 spiro atoms. The van der Waals surface area contributed by atoms with E-state index in [9.17, 15) is 4.79 Å². The minimum absolute atomic E-state index is 0.192. The van der Waals surface area contributed by atoms with Crippen molar-refractivity contribution >= 4 is 29.1 Å². The Morgan fingerprint density at radius 1 is 1.07 bits per heavy atom. The van der Waals surface area contributed by atoms with Gasteiger partial charge in [-0.25, -0.2) is 0 Å². The van der Waals surface area contributed by atoms with E-state index < -0.39 is 0 Å². The van der Waals surface area contributed by atoms with Gasteiger partial charge in [0.1, 0.15) is 6.10 Å². The van der Waals surface area contributed by atoms with Gasteiger partial charge in [-0.05, 0) is 23.8 Å². The molecular formula is C20H16Cl2N2O3. The van der Waals surface area contributed by atoms with Gasteiger partial charge in [0.2, 0.25) is 0 Å². The lowest BCUT2D eigenvalue weighted by Gasteiger charge is -2.32. The van der Waals surface area contributed by atoms with Crippen LogP contribution in [0.25, 0.3) is 11.3 Å². The molecule has 1 unspecified atom stereocenters. The van der Waals surface area contributed by atoms with Gasteiger partial charge in [-0.2, -0.15) is 0 Å². The number of morpholine rings is 1. The number of carbonyl (C=O) groups excluding carboxylic acids is 1.